The van der Waals surface area contributed by atoms with Gasteiger partial charge in [0.25, 0.3) is 0 Å². The summed E-state index contributed by atoms with van der Waals surface area (Å²) in [7, 11) is 0. The van der Waals surface area contributed by atoms with Gasteiger partial charge in [0, 0.05) is 28.2 Å². The van der Waals surface area contributed by atoms with E-state index < -0.39 is 0 Å². The Labute approximate surface area is 256 Å². The number of fused-ring (bicyclic) bond motifs is 2. The number of aromatic nitrogens is 1. The van der Waals surface area contributed by atoms with Crippen molar-refractivity contribution in [2.45, 2.75) is 0 Å². The first-order valence-corrected chi connectivity index (χ1v) is 14.8. The van der Waals surface area contributed by atoms with E-state index in [0.717, 1.165) is 44.9 Å². The summed E-state index contributed by atoms with van der Waals surface area (Å²) >= 11 is 0. The molecule has 0 radical (unpaired) electrons. The lowest BCUT2D eigenvalue weighted by atomic mass is 9.98. The maximum absolute atomic E-state index is 6.31. The van der Waals surface area contributed by atoms with Gasteiger partial charge in [-0.15, -0.1) is 0 Å². The van der Waals surface area contributed by atoms with Crippen LogP contribution in [0.25, 0.3) is 55.6 Å². The van der Waals surface area contributed by atoms with Crippen LogP contribution in [0.4, 0.5) is 17.1 Å². The zero-order chi connectivity index (χ0) is 29.3. The fraction of sp³-hybridized carbons (Fsp3) is 0. The van der Waals surface area contributed by atoms with E-state index in [-0.39, 0.29) is 0 Å². The Bertz CT molecular complexity index is 2200. The maximum atomic E-state index is 6.31. The molecule has 1 aromatic heterocycles. The highest BCUT2D eigenvalue weighted by molar-refractivity contribution is 5.97. The van der Waals surface area contributed by atoms with Crippen LogP contribution in [-0.4, -0.2) is 4.98 Å². The lowest BCUT2D eigenvalue weighted by molar-refractivity contribution is 0.621. The molecule has 0 unspecified atom stereocenters. The highest BCUT2D eigenvalue weighted by Crippen LogP contribution is 2.39. The first kappa shape index (κ1) is 25.8. The third-order valence-electron chi connectivity index (χ3n) is 8.11. The monoisotopic (exact) mass is 564 g/mol. The Hall–Kier alpha value is -5.93. The fourth-order valence-corrected chi connectivity index (χ4v) is 5.96. The first-order valence-electron chi connectivity index (χ1n) is 14.8. The van der Waals surface area contributed by atoms with E-state index in [0.29, 0.717) is 5.89 Å². The second kappa shape index (κ2) is 11.0. The van der Waals surface area contributed by atoms with Crippen LogP contribution in [0.15, 0.2) is 174 Å². The van der Waals surface area contributed by atoms with E-state index in [1.54, 1.807) is 0 Å². The summed E-state index contributed by atoms with van der Waals surface area (Å²) in [5.74, 6) is 0.631. The highest BCUT2D eigenvalue weighted by Gasteiger charge is 2.16. The predicted molar refractivity (Wildman–Crippen MR) is 183 cm³/mol. The lowest BCUT2D eigenvalue weighted by Gasteiger charge is -2.26. The van der Waals surface area contributed by atoms with Gasteiger partial charge in [-0.2, -0.15) is 0 Å². The second-order valence-corrected chi connectivity index (χ2v) is 10.8. The van der Waals surface area contributed by atoms with Gasteiger partial charge in [0.05, 0.1) is 0 Å². The average molecular weight is 565 g/mol. The van der Waals surface area contributed by atoms with Crippen LogP contribution in [0.1, 0.15) is 0 Å². The van der Waals surface area contributed by atoms with Crippen molar-refractivity contribution in [3.63, 3.8) is 0 Å². The molecule has 3 heteroatoms. The molecule has 0 bridgehead atoms. The van der Waals surface area contributed by atoms with Crippen molar-refractivity contribution in [3.8, 4) is 33.7 Å². The summed E-state index contributed by atoms with van der Waals surface area (Å²) < 4.78 is 6.31. The number of oxazole rings is 1. The van der Waals surface area contributed by atoms with Crippen molar-refractivity contribution < 1.29 is 4.42 Å². The largest absolute Gasteiger partial charge is 0.435 e. The minimum absolute atomic E-state index is 0.631. The van der Waals surface area contributed by atoms with Crippen LogP contribution >= 0.6 is 0 Å². The van der Waals surface area contributed by atoms with E-state index in [9.17, 15) is 0 Å². The Morgan fingerprint density at radius 2 is 0.955 bits per heavy atom. The number of rotatable bonds is 6. The molecule has 44 heavy (non-hydrogen) atoms. The highest BCUT2D eigenvalue weighted by atomic mass is 16.3. The van der Waals surface area contributed by atoms with Crippen LogP contribution < -0.4 is 4.90 Å². The molecular formula is C41H28N2O. The lowest BCUT2D eigenvalue weighted by Crippen LogP contribution is -2.09. The summed E-state index contributed by atoms with van der Waals surface area (Å²) in [5, 5.41) is 2.51. The van der Waals surface area contributed by atoms with Gasteiger partial charge in [0.15, 0.2) is 5.58 Å². The van der Waals surface area contributed by atoms with Gasteiger partial charge in [-0.25, -0.2) is 4.98 Å². The summed E-state index contributed by atoms with van der Waals surface area (Å²) in [6.07, 6.45) is 0. The average Bonchev–Trinajstić information content (AvgIpc) is 3.55. The van der Waals surface area contributed by atoms with E-state index in [4.69, 9.17) is 9.40 Å². The Morgan fingerprint density at radius 3 is 1.68 bits per heavy atom. The minimum atomic E-state index is 0.631. The van der Waals surface area contributed by atoms with Crippen molar-refractivity contribution in [2.24, 2.45) is 0 Å². The van der Waals surface area contributed by atoms with Gasteiger partial charge in [0.1, 0.15) is 5.52 Å². The van der Waals surface area contributed by atoms with Crippen molar-refractivity contribution in [2.75, 3.05) is 4.90 Å². The van der Waals surface area contributed by atoms with Gasteiger partial charge >= 0.3 is 0 Å². The molecular weight excluding hydrogens is 536 g/mol. The summed E-state index contributed by atoms with van der Waals surface area (Å²) in [6, 6.07) is 59.2. The van der Waals surface area contributed by atoms with Crippen molar-refractivity contribution in [1.29, 1.82) is 0 Å². The Morgan fingerprint density at radius 1 is 0.409 bits per heavy atom. The fourth-order valence-electron chi connectivity index (χ4n) is 5.96. The number of nitrogens with zero attached hydrogens (tertiary/aromatic N) is 2. The molecule has 0 aliphatic carbocycles. The van der Waals surface area contributed by atoms with E-state index in [1.165, 1.54) is 21.9 Å². The summed E-state index contributed by atoms with van der Waals surface area (Å²) in [4.78, 5) is 7.06. The number of anilines is 3. The molecule has 208 valence electrons. The van der Waals surface area contributed by atoms with E-state index in [1.807, 2.05) is 42.5 Å². The molecule has 1 heterocycles. The quantitative estimate of drug-likeness (QED) is 0.201. The molecule has 0 atom stereocenters. The Kier molecular flexibility index (Phi) is 6.47. The van der Waals surface area contributed by atoms with Crippen LogP contribution in [0.3, 0.4) is 0 Å². The Balaban J connectivity index is 1.16. The van der Waals surface area contributed by atoms with Crippen LogP contribution in [0, 0.1) is 0 Å². The predicted octanol–water partition coefficient (Wildman–Crippen LogP) is 11.5. The molecule has 8 rings (SSSR count). The minimum Gasteiger partial charge on any atom is -0.435 e. The molecule has 3 nitrogen and oxygen atoms in total. The molecule has 0 saturated heterocycles. The zero-order valence-electron chi connectivity index (χ0n) is 24.0. The maximum Gasteiger partial charge on any atom is 0.227 e. The smallest absolute Gasteiger partial charge is 0.227 e. The third kappa shape index (κ3) is 4.71. The van der Waals surface area contributed by atoms with Crippen molar-refractivity contribution in [1.82, 2.24) is 4.98 Å². The van der Waals surface area contributed by atoms with Gasteiger partial charge < -0.3 is 9.32 Å². The standard InChI is InChI=1S/C41H28N2O/c1-3-12-32(13-4-1)41-42-39-20-10-19-38(40(39)44-41)31-23-27-35(28-24-31)43(33-15-5-2-6-16-33)34-25-21-30(22-26-34)37-18-9-14-29-11-7-8-17-36(29)37/h1-28H. The zero-order valence-corrected chi connectivity index (χ0v) is 24.0. The first-order chi connectivity index (χ1) is 21.8. The van der Waals surface area contributed by atoms with Crippen molar-refractivity contribution >= 4 is 38.9 Å². The van der Waals surface area contributed by atoms with E-state index in [2.05, 4.69) is 132 Å². The van der Waals surface area contributed by atoms with Crippen LogP contribution in [-0.2, 0) is 0 Å². The number of hydrogen-bond donors (Lipinski definition) is 0. The van der Waals surface area contributed by atoms with Gasteiger partial charge in [0.2, 0.25) is 5.89 Å². The summed E-state index contributed by atoms with van der Waals surface area (Å²) in [5.41, 5.74) is 10.4. The number of hydrogen-bond acceptors (Lipinski definition) is 3. The molecule has 0 aliphatic rings. The SMILES string of the molecule is c1ccc(-c2nc3cccc(-c4ccc(N(c5ccccc5)c5ccc(-c6cccc7ccccc67)cc5)cc4)c3o2)cc1. The molecule has 0 N–H and O–H groups in total. The van der Waals surface area contributed by atoms with Gasteiger partial charge in [-0.3, -0.25) is 0 Å². The molecule has 0 saturated carbocycles. The molecule has 8 aromatic rings. The number of benzene rings is 7. The molecule has 7 aromatic carbocycles. The molecule has 0 amide bonds. The third-order valence-corrected chi connectivity index (χ3v) is 8.11. The normalized spacial score (nSPS) is 11.2. The van der Waals surface area contributed by atoms with Crippen molar-refractivity contribution in [3.05, 3.63) is 170 Å². The van der Waals surface area contributed by atoms with Gasteiger partial charge in [-0.1, -0.05) is 115 Å². The summed E-state index contributed by atoms with van der Waals surface area (Å²) in [6.45, 7) is 0. The van der Waals surface area contributed by atoms with Gasteiger partial charge in [-0.05, 0) is 82.1 Å². The second-order valence-electron chi connectivity index (χ2n) is 10.8. The molecule has 0 aliphatic heterocycles. The number of para-hydroxylation sites is 2. The van der Waals surface area contributed by atoms with Crippen LogP contribution in [0.2, 0.25) is 0 Å². The molecule has 0 fully saturated rings. The van der Waals surface area contributed by atoms with E-state index >= 15 is 0 Å². The van der Waals surface area contributed by atoms with Crippen LogP contribution in [0.5, 0.6) is 0 Å². The molecule has 0 spiro atoms. The topological polar surface area (TPSA) is 29.3 Å².